The lowest BCUT2D eigenvalue weighted by atomic mass is 10.2. The predicted octanol–water partition coefficient (Wildman–Crippen LogP) is 1.53. The van der Waals surface area contributed by atoms with Crippen molar-refractivity contribution in [3.63, 3.8) is 0 Å². The van der Waals surface area contributed by atoms with Crippen LogP contribution < -0.4 is 0 Å². The van der Waals surface area contributed by atoms with E-state index in [0.717, 1.165) is 17.8 Å². The fourth-order valence-corrected chi connectivity index (χ4v) is 2.42. The van der Waals surface area contributed by atoms with Crippen LogP contribution in [0, 0.1) is 6.92 Å². The Bertz CT molecular complexity index is 785. The lowest BCUT2D eigenvalue weighted by Gasteiger charge is -2.15. The van der Waals surface area contributed by atoms with Crippen molar-refractivity contribution in [1.82, 2.24) is 29.3 Å². The molecule has 0 aliphatic carbocycles. The number of aryl methyl sites for hydroxylation is 1. The molecule has 7 nitrogen and oxygen atoms in total. The smallest absolute Gasteiger partial charge is 0.274 e. The van der Waals surface area contributed by atoms with Crippen LogP contribution in [0.5, 0.6) is 0 Å². The van der Waals surface area contributed by atoms with Gasteiger partial charge in [-0.25, -0.2) is 9.50 Å². The van der Waals surface area contributed by atoms with Gasteiger partial charge in [0.2, 0.25) is 0 Å². The van der Waals surface area contributed by atoms with Gasteiger partial charge in [-0.3, -0.25) is 9.48 Å². The number of carbonyl (C=O) groups excluding carboxylic acids is 1. The predicted molar refractivity (Wildman–Crippen MR) is 81.4 cm³/mol. The summed E-state index contributed by atoms with van der Waals surface area (Å²) >= 11 is 0. The molecule has 0 fully saturated rings. The first kappa shape index (κ1) is 14.2. The van der Waals surface area contributed by atoms with E-state index in [9.17, 15) is 4.79 Å². The van der Waals surface area contributed by atoms with Crippen LogP contribution in [0.4, 0.5) is 0 Å². The van der Waals surface area contributed by atoms with Gasteiger partial charge in [-0.2, -0.15) is 10.2 Å². The highest BCUT2D eigenvalue weighted by Gasteiger charge is 2.18. The van der Waals surface area contributed by atoms with E-state index in [-0.39, 0.29) is 5.91 Å². The van der Waals surface area contributed by atoms with Gasteiger partial charge in [0.05, 0.1) is 6.20 Å². The average molecular weight is 298 g/mol. The normalized spacial score (nSPS) is 11.0. The standard InChI is InChI=1S/C15H18N6O/c1-4-20-11(2)12(9-17-20)10-19(3)15(22)13-8-14-16-6-5-7-21(14)18-13/h5-9H,4,10H2,1-3H3. The molecule has 3 aromatic heterocycles. The lowest BCUT2D eigenvalue weighted by molar-refractivity contribution is 0.0778. The van der Waals surface area contributed by atoms with E-state index < -0.39 is 0 Å². The van der Waals surface area contributed by atoms with E-state index in [1.807, 2.05) is 24.7 Å². The Hall–Kier alpha value is -2.70. The van der Waals surface area contributed by atoms with Crippen LogP contribution >= 0.6 is 0 Å². The molecule has 1 amide bonds. The van der Waals surface area contributed by atoms with Gasteiger partial charge in [-0.05, 0) is 19.9 Å². The maximum atomic E-state index is 12.5. The molecule has 0 aromatic carbocycles. The molecular formula is C15H18N6O. The molecule has 3 heterocycles. The summed E-state index contributed by atoms with van der Waals surface area (Å²) in [4.78, 5) is 18.3. The van der Waals surface area contributed by atoms with E-state index >= 15 is 0 Å². The SMILES string of the molecule is CCn1ncc(CN(C)C(=O)c2cc3ncccn3n2)c1C. The largest absolute Gasteiger partial charge is 0.336 e. The Kier molecular flexibility index (Phi) is 3.62. The molecule has 3 rings (SSSR count). The number of nitrogens with zero attached hydrogens (tertiary/aromatic N) is 6. The fraction of sp³-hybridized carbons (Fsp3) is 0.333. The van der Waals surface area contributed by atoms with Gasteiger partial charge in [-0.1, -0.05) is 0 Å². The topological polar surface area (TPSA) is 68.3 Å². The Morgan fingerprint density at radius 3 is 2.91 bits per heavy atom. The van der Waals surface area contributed by atoms with Gasteiger partial charge in [0.1, 0.15) is 0 Å². The van der Waals surface area contributed by atoms with E-state index in [2.05, 4.69) is 15.2 Å². The van der Waals surface area contributed by atoms with Crippen LogP contribution in [0.3, 0.4) is 0 Å². The maximum Gasteiger partial charge on any atom is 0.274 e. The summed E-state index contributed by atoms with van der Waals surface area (Å²) < 4.78 is 3.52. The fourth-order valence-electron chi connectivity index (χ4n) is 2.42. The molecule has 0 atom stereocenters. The minimum absolute atomic E-state index is 0.130. The molecule has 3 aromatic rings. The van der Waals surface area contributed by atoms with Crippen molar-refractivity contribution in [3.8, 4) is 0 Å². The molecule has 114 valence electrons. The highest BCUT2D eigenvalue weighted by molar-refractivity contribution is 5.93. The summed E-state index contributed by atoms with van der Waals surface area (Å²) in [5.41, 5.74) is 3.18. The zero-order valence-corrected chi connectivity index (χ0v) is 12.9. The summed E-state index contributed by atoms with van der Waals surface area (Å²) in [5.74, 6) is -0.130. The molecule has 0 radical (unpaired) electrons. The molecule has 7 heteroatoms. The first-order valence-electron chi connectivity index (χ1n) is 7.17. The highest BCUT2D eigenvalue weighted by Crippen LogP contribution is 2.12. The summed E-state index contributed by atoms with van der Waals surface area (Å²) in [5, 5.41) is 8.56. The zero-order valence-electron chi connectivity index (χ0n) is 12.9. The molecule has 0 N–H and O–H groups in total. The summed E-state index contributed by atoms with van der Waals surface area (Å²) in [6.45, 7) is 5.38. The van der Waals surface area contributed by atoms with Gasteiger partial charge < -0.3 is 4.90 Å². The number of hydrogen-bond donors (Lipinski definition) is 0. The van der Waals surface area contributed by atoms with Crippen LogP contribution in [0.1, 0.15) is 28.7 Å². The molecule has 0 unspecified atom stereocenters. The van der Waals surface area contributed by atoms with Crippen LogP contribution in [0.2, 0.25) is 0 Å². The van der Waals surface area contributed by atoms with Gasteiger partial charge >= 0.3 is 0 Å². The third-order valence-corrected chi connectivity index (χ3v) is 3.71. The molecule has 0 saturated heterocycles. The Balaban J connectivity index is 1.80. The Morgan fingerprint density at radius 1 is 1.41 bits per heavy atom. The number of hydrogen-bond acceptors (Lipinski definition) is 4. The Labute approximate surface area is 128 Å². The zero-order chi connectivity index (χ0) is 15.7. The van der Waals surface area contributed by atoms with E-state index in [1.165, 1.54) is 0 Å². The first-order valence-corrected chi connectivity index (χ1v) is 7.17. The molecule has 0 aliphatic rings. The number of amides is 1. The number of fused-ring (bicyclic) bond motifs is 1. The van der Waals surface area contributed by atoms with E-state index in [0.29, 0.717) is 17.9 Å². The molecule has 0 aliphatic heterocycles. The number of rotatable bonds is 4. The van der Waals surface area contributed by atoms with Crippen molar-refractivity contribution in [1.29, 1.82) is 0 Å². The molecular weight excluding hydrogens is 280 g/mol. The van der Waals surface area contributed by atoms with Gasteiger partial charge in [0.25, 0.3) is 5.91 Å². The second-order valence-electron chi connectivity index (χ2n) is 5.18. The van der Waals surface area contributed by atoms with Crippen LogP contribution in [-0.4, -0.2) is 42.2 Å². The van der Waals surface area contributed by atoms with Crippen molar-refractivity contribution < 1.29 is 4.79 Å². The molecule has 0 spiro atoms. The quantitative estimate of drug-likeness (QED) is 0.732. The van der Waals surface area contributed by atoms with Crippen molar-refractivity contribution in [2.24, 2.45) is 0 Å². The Morgan fingerprint density at radius 2 is 2.23 bits per heavy atom. The molecule has 22 heavy (non-hydrogen) atoms. The molecule has 0 saturated carbocycles. The van der Waals surface area contributed by atoms with Crippen LogP contribution in [-0.2, 0) is 13.1 Å². The highest BCUT2D eigenvalue weighted by atomic mass is 16.2. The van der Waals surface area contributed by atoms with Crippen molar-refractivity contribution in [3.05, 3.63) is 47.7 Å². The maximum absolute atomic E-state index is 12.5. The third kappa shape index (κ3) is 2.45. The monoisotopic (exact) mass is 298 g/mol. The lowest BCUT2D eigenvalue weighted by Crippen LogP contribution is -2.26. The number of carbonyl (C=O) groups is 1. The van der Waals surface area contributed by atoms with Crippen molar-refractivity contribution in [2.45, 2.75) is 26.9 Å². The second-order valence-corrected chi connectivity index (χ2v) is 5.18. The van der Waals surface area contributed by atoms with E-state index in [4.69, 9.17) is 0 Å². The van der Waals surface area contributed by atoms with Crippen LogP contribution in [0.25, 0.3) is 5.65 Å². The number of aromatic nitrogens is 5. The average Bonchev–Trinajstić information content (AvgIpc) is 3.10. The van der Waals surface area contributed by atoms with Crippen LogP contribution in [0.15, 0.2) is 30.7 Å². The van der Waals surface area contributed by atoms with Gasteiger partial charge in [-0.15, -0.1) is 0 Å². The third-order valence-electron chi connectivity index (χ3n) is 3.71. The van der Waals surface area contributed by atoms with Gasteiger partial charge in [0.15, 0.2) is 11.3 Å². The van der Waals surface area contributed by atoms with E-state index in [1.54, 1.807) is 41.0 Å². The minimum atomic E-state index is -0.130. The summed E-state index contributed by atoms with van der Waals surface area (Å²) in [6.07, 6.45) is 5.26. The van der Waals surface area contributed by atoms with Crippen molar-refractivity contribution in [2.75, 3.05) is 7.05 Å². The minimum Gasteiger partial charge on any atom is -0.336 e. The van der Waals surface area contributed by atoms with Gasteiger partial charge in [0, 0.05) is 49.9 Å². The second kappa shape index (κ2) is 5.59. The molecule has 0 bridgehead atoms. The van der Waals surface area contributed by atoms with Crippen molar-refractivity contribution >= 4 is 11.6 Å². The first-order chi connectivity index (χ1) is 10.6. The summed E-state index contributed by atoms with van der Waals surface area (Å²) in [7, 11) is 1.77. The summed E-state index contributed by atoms with van der Waals surface area (Å²) in [6, 6.07) is 3.47.